The average molecular weight is 228 g/mol. The number of aliphatic hydroxyl groups excluding tert-OH is 1. The molecule has 4 N–H and O–H groups in total. The van der Waals surface area contributed by atoms with E-state index in [1.54, 1.807) is 6.07 Å². The molecule has 0 aromatic carbocycles. The number of aliphatic hydroxyl groups is 1. The zero-order chi connectivity index (χ0) is 10.8. The van der Waals surface area contributed by atoms with E-state index in [0.717, 1.165) is 24.9 Å². The van der Waals surface area contributed by atoms with Crippen LogP contribution < -0.4 is 11.1 Å². The molecule has 82 valence electrons. The van der Waals surface area contributed by atoms with Crippen LogP contribution in [-0.4, -0.2) is 22.2 Å². The highest BCUT2D eigenvalue weighted by Gasteiger charge is 2.22. The van der Waals surface area contributed by atoms with Crippen molar-refractivity contribution in [2.75, 3.05) is 11.1 Å². The summed E-state index contributed by atoms with van der Waals surface area (Å²) >= 11 is 5.77. The lowest BCUT2D eigenvalue weighted by Gasteiger charge is -2.15. The maximum absolute atomic E-state index is 9.39. The summed E-state index contributed by atoms with van der Waals surface area (Å²) in [5.41, 5.74) is 7.14. The minimum Gasteiger partial charge on any atom is -0.396 e. The highest BCUT2D eigenvalue weighted by molar-refractivity contribution is 6.29. The molecule has 1 aliphatic carbocycles. The summed E-state index contributed by atoms with van der Waals surface area (Å²) in [5.74, 6) is 0. The van der Waals surface area contributed by atoms with Gasteiger partial charge in [-0.1, -0.05) is 11.6 Å². The first kappa shape index (κ1) is 10.5. The second kappa shape index (κ2) is 4.24. The number of pyridine rings is 1. The van der Waals surface area contributed by atoms with Crippen LogP contribution in [0.15, 0.2) is 12.3 Å². The number of nitrogen functional groups attached to an aromatic ring is 1. The van der Waals surface area contributed by atoms with Crippen LogP contribution in [0.1, 0.15) is 19.3 Å². The van der Waals surface area contributed by atoms with Gasteiger partial charge in [-0.05, 0) is 19.3 Å². The molecule has 4 nitrogen and oxygen atoms in total. The summed E-state index contributed by atoms with van der Waals surface area (Å²) in [6.07, 6.45) is 3.91. The SMILES string of the molecule is Nc1cnc(Cl)cc1NC1CCC(O)C1. The van der Waals surface area contributed by atoms with Gasteiger partial charge in [-0.25, -0.2) is 4.98 Å². The molecule has 5 heteroatoms. The Morgan fingerprint density at radius 3 is 3.00 bits per heavy atom. The van der Waals surface area contributed by atoms with Gasteiger partial charge in [0.2, 0.25) is 0 Å². The molecule has 1 aromatic rings. The molecular formula is C10H14ClN3O. The van der Waals surface area contributed by atoms with Crippen LogP contribution in [0, 0.1) is 0 Å². The van der Waals surface area contributed by atoms with Crippen LogP contribution in [0.4, 0.5) is 11.4 Å². The van der Waals surface area contributed by atoms with E-state index in [4.69, 9.17) is 17.3 Å². The largest absolute Gasteiger partial charge is 0.396 e. The third-order valence-electron chi connectivity index (χ3n) is 2.67. The summed E-state index contributed by atoms with van der Waals surface area (Å²) in [5, 5.41) is 13.1. The molecule has 1 aliphatic rings. The third-order valence-corrected chi connectivity index (χ3v) is 2.87. The number of rotatable bonds is 2. The van der Waals surface area contributed by atoms with Gasteiger partial charge in [0.15, 0.2) is 0 Å². The number of aromatic nitrogens is 1. The Labute approximate surface area is 93.5 Å². The minimum atomic E-state index is -0.193. The first-order valence-electron chi connectivity index (χ1n) is 5.01. The highest BCUT2D eigenvalue weighted by atomic mass is 35.5. The van der Waals surface area contributed by atoms with Gasteiger partial charge in [-0.3, -0.25) is 0 Å². The van der Waals surface area contributed by atoms with Gasteiger partial charge in [0.1, 0.15) is 5.15 Å². The van der Waals surface area contributed by atoms with Gasteiger partial charge < -0.3 is 16.2 Å². The van der Waals surface area contributed by atoms with Crippen LogP contribution in [0.3, 0.4) is 0 Å². The van der Waals surface area contributed by atoms with Gasteiger partial charge >= 0.3 is 0 Å². The van der Waals surface area contributed by atoms with E-state index in [9.17, 15) is 5.11 Å². The third kappa shape index (κ3) is 2.52. The fraction of sp³-hybridized carbons (Fsp3) is 0.500. The molecule has 0 amide bonds. The molecule has 1 saturated carbocycles. The second-order valence-corrected chi connectivity index (χ2v) is 4.29. The lowest BCUT2D eigenvalue weighted by atomic mass is 10.2. The van der Waals surface area contributed by atoms with Crippen LogP contribution >= 0.6 is 11.6 Å². The number of nitrogens with one attached hydrogen (secondary N) is 1. The van der Waals surface area contributed by atoms with E-state index in [-0.39, 0.29) is 12.1 Å². The molecule has 15 heavy (non-hydrogen) atoms. The Balaban J connectivity index is 2.07. The van der Waals surface area contributed by atoms with E-state index < -0.39 is 0 Å². The fourth-order valence-electron chi connectivity index (χ4n) is 1.87. The number of hydrogen-bond acceptors (Lipinski definition) is 4. The van der Waals surface area contributed by atoms with Crippen molar-refractivity contribution >= 4 is 23.0 Å². The molecule has 1 fully saturated rings. The van der Waals surface area contributed by atoms with E-state index in [1.807, 2.05) is 0 Å². The van der Waals surface area contributed by atoms with Crippen molar-refractivity contribution in [3.8, 4) is 0 Å². The molecule has 0 saturated heterocycles. The van der Waals surface area contributed by atoms with Crippen molar-refractivity contribution in [2.24, 2.45) is 0 Å². The number of nitrogens with zero attached hydrogens (tertiary/aromatic N) is 1. The first-order valence-corrected chi connectivity index (χ1v) is 5.38. The molecule has 2 rings (SSSR count). The molecule has 1 aromatic heterocycles. The fourth-order valence-corrected chi connectivity index (χ4v) is 2.03. The van der Waals surface area contributed by atoms with Gasteiger partial charge in [0.05, 0.1) is 23.7 Å². The van der Waals surface area contributed by atoms with Crippen molar-refractivity contribution in [1.82, 2.24) is 4.98 Å². The molecule has 0 radical (unpaired) electrons. The maximum atomic E-state index is 9.39. The summed E-state index contributed by atoms with van der Waals surface area (Å²) in [7, 11) is 0. The van der Waals surface area contributed by atoms with Crippen molar-refractivity contribution in [3.05, 3.63) is 17.4 Å². The lowest BCUT2D eigenvalue weighted by molar-refractivity contribution is 0.182. The minimum absolute atomic E-state index is 0.193. The van der Waals surface area contributed by atoms with Crippen LogP contribution in [0.2, 0.25) is 5.15 Å². The van der Waals surface area contributed by atoms with Crippen molar-refractivity contribution in [2.45, 2.75) is 31.4 Å². The van der Waals surface area contributed by atoms with Gasteiger partial charge in [-0.2, -0.15) is 0 Å². The van der Waals surface area contributed by atoms with E-state index >= 15 is 0 Å². The van der Waals surface area contributed by atoms with Gasteiger partial charge in [-0.15, -0.1) is 0 Å². The molecular weight excluding hydrogens is 214 g/mol. The highest BCUT2D eigenvalue weighted by Crippen LogP contribution is 2.26. The summed E-state index contributed by atoms with van der Waals surface area (Å²) in [6.45, 7) is 0. The Kier molecular flexibility index (Phi) is 2.98. The van der Waals surface area contributed by atoms with Crippen molar-refractivity contribution < 1.29 is 5.11 Å². The molecule has 2 unspecified atom stereocenters. The summed E-state index contributed by atoms with van der Waals surface area (Å²) < 4.78 is 0. The maximum Gasteiger partial charge on any atom is 0.131 e. The quantitative estimate of drug-likeness (QED) is 0.672. The standard InChI is InChI=1S/C10H14ClN3O/c11-10-4-9(8(12)5-13-10)14-6-1-2-7(15)3-6/h4-7,15H,1-3,12H2,(H,13,14). The monoisotopic (exact) mass is 227 g/mol. The molecule has 1 heterocycles. The van der Waals surface area contributed by atoms with E-state index in [0.29, 0.717) is 10.8 Å². The zero-order valence-corrected chi connectivity index (χ0v) is 9.04. The summed E-state index contributed by atoms with van der Waals surface area (Å²) in [6, 6.07) is 1.99. The Bertz CT molecular complexity index is 359. The first-order chi connectivity index (χ1) is 7.15. The van der Waals surface area contributed by atoms with Crippen LogP contribution in [0.25, 0.3) is 0 Å². The van der Waals surface area contributed by atoms with Gasteiger partial charge in [0.25, 0.3) is 0 Å². The van der Waals surface area contributed by atoms with Crippen LogP contribution in [0.5, 0.6) is 0 Å². The molecule has 2 atom stereocenters. The topological polar surface area (TPSA) is 71.2 Å². The van der Waals surface area contributed by atoms with E-state index in [1.165, 1.54) is 6.20 Å². The van der Waals surface area contributed by atoms with Gasteiger partial charge in [0, 0.05) is 12.1 Å². The second-order valence-electron chi connectivity index (χ2n) is 3.90. The number of hydrogen-bond donors (Lipinski definition) is 3. The number of nitrogens with two attached hydrogens (primary N) is 1. The zero-order valence-electron chi connectivity index (χ0n) is 8.28. The lowest BCUT2D eigenvalue weighted by Crippen LogP contribution is -2.17. The predicted octanol–water partition coefficient (Wildman–Crippen LogP) is 1.64. The summed E-state index contributed by atoms with van der Waals surface area (Å²) in [4.78, 5) is 3.88. The molecule has 0 bridgehead atoms. The predicted molar refractivity (Wildman–Crippen MR) is 60.9 cm³/mol. The normalized spacial score (nSPS) is 25.5. The Hall–Kier alpha value is -1.00. The van der Waals surface area contributed by atoms with Crippen molar-refractivity contribution in [1.29, 1.82) is 0 Å². The molecule has 0 spiro atoms. The molecule has 0 aliphatic heterocycles. The number of anilines is 2. The van der Waals surface area contributed by atoms with Crippen LogP contribution in [-0.2, 0) is 0 Å². The smallest absolute Gasteiger partial charge is 0.131 e. The Morgan fingerprint density at radius 2 is 2.33 bits per heavy atom. The van der Waals surface area contributed by atoms with Crippen molar-refractivity contribution in [3.63, 3.8) is 0 Å². The Morgan fingerprint density at radius 1 is 1.53 bits per heavy atom. The van der Waals surface area contributed by atoms with E-state index in [2.05, 4.69) is 10.3 Å². The average Bonchev–Trinajstić information content (AvgIpc) is 2.58. The number of halogens is 1.